The van der Waals surface area contributed by atoms with E-state index in [4.69, 9.17) is 9.90 Å². The monoisotopic (exact) mass is 536 g/mol. The Morgan fingerprint density at radius 3 is 1.63 bits per heavy atom. The molecule has 38 heavy (non-hydrogen) atoms. The van der Waals surface area contributed by atoms with Crippen LogP contribution in [-0.2, 0) is 22.7 Å². The summed E-state index contributed by atoms with van der Waals surface area (Å²) in [5.41, 5.74) is 8.33. The molecule has 0 aliphatic carbocycles. The lowest BCUT2D eigenvalue weighted by Gasteiger charge is -2.38. The second kappa shape index (κ2) is 10.9. The van der Waals surface area contributed by atoms with Crippen LogP contribution in [0, 0.1) is 10.8 Å². The Morgan fingerprint density at radius 2 is 1.29 bits per heavy atom. The molecule has 1 aromatic rings. The van der Waals surface area contributed by atoms with Gasteiger partial charge in [0, 0.05) is 47.5 Å². The molecule has 0 bridgehead atoms. The minimum Gasteiger partial charge on any atom is -0.542 e. The van der Waals surface area contributed by atoms with Crippen LogP contribution in [0.2, 0.25) is 0 Å². The maximum atomic E-state index is 10.5. The summed E-state index contributed by atoms with van der Waals surface area (Å²) in [5, 5.41) is 8.78. The fourth-order valence-electron chi connectivity index (χ4n) is 4.10. The summed E-state index contributed by atoms with van der Waals surface area (Å²) in [5.74, 6) is -3.01. The lowest BCUT2D eigenvalue weighted by Crippen LogP contribution is -2.43. The molecule has 2 heterocycles. The lowest BCUT2D eigenvalue weighted by molar-refractivity contribution is -0.684. The Hall–Kier alpha value is -2.57. The van der Waals surface area contributed by atoms with Crippen LogP contribution in [0.4, 0.5) is 13.2 Å². The normalized spacial score (nSPS) is 16.6. The first-order chi connectivity index (χ1) is 16.7. The molecule has 0 aromatic carbocycles. The number of carboxylic acid groups (broad SMARTS) is 1. The molecule has 0 saturated heterocycles. The van der Waals surface area contributed by atoms with E-state index in [0.29, 0.717) is 0 Å². The highest BCUT2D eigenvalue weighted by Crippen LogP contribution is 2.40. The van der Waals surface area contributed by atoms with Crippen molar-refractivity contribution in [2.24, 2.45) is 17.9 Å². The number of carboxylic acids is 1. The van der Waals surface area contributed by atoms with E-state index in [1.807, 2.05) is 0 Å². The van der Waals surface area contributed by atoms with E-state index in [-0.39, 0.29) is 21.7 Å². The van der Waals surface area contributed by atoms with Gasteiger partial charge in [0.1, 0.15) is 13.0 Å². The third-order valence-electron chi connectivity index (χ3n) is 6.48. The second-order valence-corrected chi connectivity index (χ2v) is 14.2. The van der Waals surface area contributed by atoms with Crippen molar-refractivity contribution >= 4 is 12.0 Å². The van der Waals surface area contributed by atoms with Crippen molar-refractivity contribution in [2.75, 3.05) is 7.05 Å². The molecule has 214 valence electrons. The van der Waals surface area contributed by atoms with E-state index >= 15 is 0 Å². The average Bonchev–Trinajstić information content (AvgIpc) is 2.67. The van der Waals surface area contributed by atoms with Gasteiger partial charge in [-0.25, -0.2) is 0 Å². The van der Waals surface area contributed by atoms with Crippen molar-refractivity contribution in [2.45, 2.75) is 100 Å². The highest BCUT2D eigenvalue weighted by molar-refractivity contribution is 5.70. The number of nitrogens with zero attached hydrogens (tertiary/aromatic N) is 2. The predicted octanol–water partition coefficient (Wildman–Crippen LogP) is 6.59. The molecule has 2 rings (SSSR count). The van der Waals surface area contributed by atoms with Crippen molar-refractivity contribution in [3.05, 3.63) is 58.2 Å². The van der Waals surface area contributed by atoms with Gasteiger partial charge in [-0.05, 0) is 34.1 Å². The summed E-state index contributed by atoms with van der Waals surface area (Å²) in [6, 6.07) is 4.76. The Kier molecular flexibility index (Phi) is 9.59. The van der Waals surface area contributed by atoms with E-state index in [1.54, 1.807) is 0 Å². The van der Waals surface area contributed by atoms with Crippen molar-refractivity contribution in [3.8, 4) is 0 Å². The molecule has 1 aliphatic heterocycles. The number of alkyl halides is 3. The first-order valence-electron chi connectivity index (χ1n) is 12.9. The fraction of sp³-hybridized carbons (Fsp3) is 0.613. The number of carbonyl (C=O) groups is 1. The Bertz CT molecular complexity index is 1130. The number of allylic oxidation sites excluding steroid dienone is 4. The molecule has 4 nitrogen and oxygen atoms in total. The number of aromatic nitrogens is 1. The van der Waals surface area contributed by atoms with Crippen molar-refractivity contribution in [1.82, 2.24) is 4.90 Å². The van der Waals surface area contributed by atoms with Crippen molar-refractivity contribution in [1.29, 1.82) is 0 Å². The van der Waals surface area contributed by atoms with Gasteiger partial charge in [-0.1, -0.05) is 83.1 Å². The summed E-state index contributed by atoms with van der Waals surface area (Å²) >= 11 is 0. The highest BCUT2D eigenvalue weighted by Gasteiger charge is 2.32. The largest absolute Gasteiger partial charge is 0.542 e. The van der Waals surface area contributed by atoms with E-state index < -0.39 is 12.1 Å². The predicted molar refractivity (Wildman–Crippen MR) is 147 cm³/mol. The summed E-state index contributed by atoms with van der Waals surface area (Å²) in [6.45, 7) is 27.6. The van der Waals surface area contributed by atoms with Gasteiger partial charge in [0.25, 0.3) is 0 Å². The highest BCUT2D eigenvalue weighted by atomic mass is 19.4. The molecule has 0 atom stereocenters. The molecule has 0 unspecified atom stereocenters. The zero-order chi connectivity index (χ0) is 30.2. The molecule has 0 radical (unpaired) electrons. The standard InChI is InChI=1S/C29H47N2.C2HF3O2/c1-26(2,3)20-15-22(30(13)24(17-20)28(7,8)9)19-23-16-21(27(4,5)6)18-25(31(23)14)29(10,11)12;3-2(4,5)1(6)7/h15-19H,1-14H3;(H,6,7)/q+1;/p-1. The van der Waals surface area contributed by atoms with Crippen molar-refractivity contribution < 1.29 is 27.6 Å². The molecule has 0 fully saturated rings. The molecule has 1 aromatic heterocycles. The zero-order valence-corrected chi connectivity index (χ0v) is 25.7. The average molecular weight is 537 g/mol. The maximum Gasteiger partial charge on any atom is 0.430 e. The first-order valence-corrected chi connectivity index (χ1v) is 12.9. The van der Waals surface area contributed by atoms with Gasteiger partial charge in [-0.3, -0.25) is 0 Å². The molecule has 0 saturated carbocycles. The van der Waals surface area contributed by atoms with Gasteiger partial charge >= 0.3 is 6.18 Å². The quantitative estimate of drug-likeness (QED) is 0.380. The number of rotatable bonds is 1. The van der Waals surface area contributed by atoms with Gasteiger partial charge in [0.15, 0.2) is 5.69 Å². The van der Waals surface area contributed by atoms with Crippen LogP contribution in [0.25, 0.3) is 6.08 Å². The lowest BCUT2D eigenvalue weighted by atomic mass is 9.79. The molecule has 7 heteroatoms. The summed E-state index contributed by atoms with van der Waals surface area (Å²) in [4.78, 5) is 11.2. The third kappa shape index (κ3) is 8.74. The third-order valence-corrected chi connectivity index (χ3v) is 6.48. The molecular weight excluding hydrogens is 489 g/mol. The van der Waals surface area contributed by atoms with E-state index in [0.717, 1.165) is 0 Å². The first kappa shape index (κ1) is 33.5. The van der Waals surface area contributed by atoms with Gasteiger partial charge in [0.05, 0.1) is 0 Å². The molecule has 0 amide bonds. The van der Waals surface area contributed by atoms with E-state index in [2.05, 4.69) is 137 Å². The zero-order valence-electron chi connectivity index (χ0n) is 25.7. The van der Waals surface area contributed by atoms with Gasteiger partial charge in [-0.15, -0.1) is 0 Å². The maximum absolute atomic E-state index is 10.5. The smallest absolute Gasteiger partial charge is 0.430 e. The Labute approximate surface area is 227 Å². The number of pyridine rings is 1. The number of hydrogen-bond acceptors (Lipinski definition) is 3. The van der Waals surface area contributed by atoms with Gasteiger partial charge < -0.3 is 14.8 Å². The van der Waals surface area contributed by atoms with Crippen molar-refractivity contribution in [3.63, 3.8) is 0 Å². The summed E-state index contributed by atoms with van der Waals surface area (Å²) in [6.07, 6.45) is 1.94. The van der Waals surface area contributed by atoms with Crippen LogP contribution in [0.3, 0.4) is 0 Å². The topological polar surface area (TPSA) is 47.2 Å². The van der Waals surface area contributed by atoms with E-state index in [9.17, 15) is 13.2 Å². The minimum atomic E-state index is -5.19. The Balaban J connectivity index is 0.000000905. The minimum absolute atomic E-state index is 0.0740. The Morgan fingerprint density at radius 1 is 0.816 bits per heavy atom. The van der Waals surface area contributed by atoms with Gasteiger partial charge in [0.2, 0.25) is 5.69 Å². The van der Waals surface area contributed by atoms with Gasteiger partial charge in [-0.2, -0.15) is 17.7 Å². The van der Waals surface area contributed by atoms with E-state index in [1.165, 1.54) is 33.9 Å². The molecule has 0 N–H and O–H groups in total. The van der Waals surface area contributed by atoms with Crippen LogP contribution in [-0.4, -0.2) is 24.1 Å². The van der Waals surface area contributed by atoms with Crippen LogP contribution >= 0.6 is 0 Å². The van der Waals surface area contributed by atoms with Crippen LogP contribution in [0.1, 0.15) is 100 Å². The SMILES string of the molecule is CN1C(C(C)(C)C)=CC(C(C)(C)C)=C/C1=C\c1cc(C(C)(C)C)cc(C(C)(C)C)[n+]1C.O=C([O-])C(F)(F)F. The number of carbonyl (C=O) groups excluding carboxylic acids is 1. The fourth-order valence-corrected chi connectivity index (χ4v) is 4.10. The number of halogens is 3. The summed E-state index contributed by atoms with van der Waals surface area (Å²) in [7, 11) is 4.41. The number of likely N-dealkylation sites (N-methyl/N-ethyl adjacent to an activating group) is 1. The molecule has 0 spiro atoms. The molecular formula is C31H47F3N2O2. The van der Waals surface area contributed by atoms with Crippen LogP contribution in [0.5, 0.6) is 0 Å². The summed E-state index contributed by atoms with van der Waals surface area (Å²) < 4.78 is 33.9. The van der Waals surface area contributed by atoms with Crippen LogP contribution < -0.4 is 9.67 Å². The molecule has 1 aliphatic rings. The second-order valence-electron chi connectivity index (χ2n) is 14.2. The number of aliphatic carboxylic acids is 1. The van der Waals surface area contributed by atoms with Crippen LogP contribution in [0.15, 0.2) is 41.3 Å². The number of hydrogen-bond donors (Lipinski definition) is 0.